The van der Waals surface area contributed by atoms with Gasteiger partial charge in [-0.2, -0.15) is 0 Å². The average molecular weight is 548 g/mol. The van der Waals surface area contributed by atoms with Crippen molar-refractivity contribution in [3.8, 4) is 0 Å². The first-order valence-corrected chi connectivity index (χ1v) is 16.8. The zero-order chi connectivity index (χ0) is 27.8. The second-order valence-electron chi connectivity index (χ2n) is 11.4. The largest absolute Gasteiger partial charge is 0.774 e. The molecular formula is C30H62NO5P. The highest BCUT2D eigenvalue weighted by Gasteiger charge is 2.35. The summed E-state index contributed by atoms with van der Waals surface area (Å²) in [6.07, 6.45) is 25.2. The normalized spacial score (nSPS) is 15.8. The van der Waals surface area contributed by atoms with E-state index in [2.05, 4.69) is 19.1 Å². The lowest BCUT2D eigenvalue weighted by atomic mass is 10.1. The second kappa shape index (κ2) is 23.6. The van der Waals surface area contributed by atoms with Crippen LogP contribution in [-0.4, -0.2) is 64.4 Å². The number of nitrogens with zero attached hydrogens (tertiary/aromatic N) is 1. The predicted octanol–water partition coefficient (Wildman–Crippen LogP) is 7.85. The van der Waals surface area contributed by atoms with Crippen molar-refractivity contribution in [3.63, 3.8) is 0 Å². The van der Waals surface area contributed by atoms with Crippen LogP contribution in [0.1, 0.15) is 123 Å². The van der Waals surface area contributed by atoms with Gasteiger partial charge in [-0.05, 0) is 38.5 Å². The molecule has 37 heavy (non-hydrogen) atoms. The van der Waals surface area contributed by atoms with Crippen LogP contribution in [-0.2, 0) is 18.6 Å². The lowest BCUT2D eigenvalue weighted by Gasteiger charge is -2.41. The van der Waals surface area contributed by atoms with Crippen molar-refractivity contribution in [2.75, 3.05) is 48.1 Å². The zero-order valence-electron chi connectivity index (χ0n) is 25.4. The Morgan fingerprint density at radius 2 is 1.27 bits per heavy atom. The molecule has 0 rings (SSSR count). The van der Waals surface area contributed by atoms with E-state index in [0.717, 1.165) is 12.8 Å². The summed E-state index contributed by atoms with van der Waals surface area (Å²) in [5.74, 6) is -0.553. The van der Waals surface area contributed by atoms with Crippen molar-refractivity contribution in [3.05, 3.63) is 12.2 Å². The quantitative estimate of drug-likeness (QED) is 0.0453. The maximum atomic E-state index is 12.7. The van der Waals surface area contributed by atoms with Gasteiger partial charge in [0.1, 0.15) is 6.10 Å². The molecule has 0 amide bonds. The Balaban J connectivity index is 3.71. The summed E-state index contributed by atoms with van der Waals surface area (Å²) in [6.45, 7) is 5.30. The van der Waals surface area contributed by atoms with Crippen LogP contribution in [0, 0.1) is 0 Å². The third-order valence-corrected chi connectivity index (χ3v) is 9.12. The maximum absolute atomic E-state index is 12.7. The Kier molecular flexibility index (Phi) is 23.5. The minimum Gasteiger partial charge on any atom is -0.774 e. The van der Waals surface area contributed by atoms with Crippen LogP contribution in [0.25, 0.3) is 0 Å². The van der Waals surface area contributed by atoms with Gasteiger partial charge in [0.2, 0.25) is 0 Å². The van der Waals surface area contributed by atoms with Crippen LogP contribution < -0.4 is 4.89 Å². The fraction of sp³-hybridized carbons (Fsp3) is 0.933. The number of ether oxygens (including phenoxy) is 2. The molecule has 6 nitrogen and oxygen atoms in total. The predicted molar refractivity (Wildman–Crippen MR) is 156 cm³/mol. The molecule has 0 N–H and O–H groups in total. The van der Waals surface area contributed by atoms with E-state index < -0.39 is 13.4 Å². The van der Waals surface area contributed by atoms with Crippen LogP contribution in [0.5, 0.6) is 0 Å². The molecule has 0 aromatic rings. The number of quaternary nitrogens is 1. The number of rotatable bonds is 27. The van der Waals surface area contributed by atoms with Crippen LogP contribution in [0.4, 0.5) is 0 Å². The molecule has 0 spiro atoms. The van der Waals surface area contributed by atoms with E-state index >= 15 is 0 Å². The average Bonchev–Trinajstić information content (AvgIpc) is 2.84. The maximum Gasteiger partial charge on any atom is 0.193 e. The van der Waals surface area contributed by atoms with Gasteiger partial charge in [0.15, 0.2) is 13.4 Å². The van der Waals surface area contributed by atoms with Gasteiger partial charge >= 0.3 is 0 Å². The fourth-order valence-electron chi connectivity index (χ4n) is 4.53. The molecule has 0 saturated heterocycles. The number of methoxy groups -OCH3 is 1. The Labute approximate surface area is 230 Å². The zero-order valence-corrected chi connectivity index (χ0v) is 26.3. The topological polar surface area (TPSA) is 67.8 Å². The highest BCUT2D eigenvalue weighted by Crippen LogP contribution is 2.48. The van der Waals surface area contributed by atoms with Crippen molar-refractivity contribution in [1.29, 1.82) is 0 Å². The first-order valence-electron chi connectivity index (χ1n) is 15.2. The SMILES string of the molecule is CCCCCCCC/C=C\CCCCCCCCCOC[C@H](COP(=O)([O-])C(CCC)[N+](C)(C)C)OC. The van der Waals surface area contributed by atoms with Gasteiger partial charge in [0.05, 0.1) is 34.4 Å². The Bertz CT molecular complexity index is 579. The fourth-order valence-corrected chi connectivity index (χ4v) is 6.50. The van der Waals surface area contributed by atoms with E-state index in [1.165, 1.54) is 89.9 Å². The number of hydrogen-bond donors (Lipinski definition) is 0. The molecule has 3 atom stereocenters. The lowest BCUT2D eigenvalue weighted by Crippen LogP contribution is -2.47. The highest BCUT2D eigenvalue weighted by molar-refractivity contribution is 7.51. The molecule has 2 unspecified atom stereocenters. The molecule has 0 saturated carbocycles. The molecule has 0 aliphatic carbocycles. The summed E-state index contributed by atoms with van der Waals surface area (Å²) in [7, 11) is 3.24. The minimum absolute atomic E-state index is 0.00568. The van der Waals surface area contributed by atoms with Gasteiger partial charge in [-0.15, -0.1) is 0 Å². The van der Waals surface area contributed by atoms with Crippen LogP contribution in [0.2, 0.25) is 0 Å². The number of unbranched alkanes of at least 4 members (excludes halogenated alkanes) is 13. The van der Waals surface area contributed by atoms with Gasteiger partial charge in [0.25, 0.3) is 0 Å². The third-order valence-electron chi connectivity index (χ3n) is 6.93. The summed E-state index contributed by atoms with van der Waals surface area (Å²) in [5.41, 5.74) is 0. The smallest absolute Gasteiger partial charge is 0.193 e. The molecule has 0 aromatic heterocycles. The molecule has 222 valence electrons. The van der Waals surface area contributed by atoms with Gasteiger partial charge in [0, 0.05) is 20.1 Å². The summed E-state index contributed by atoms with van der Waals surface area (Å²) in [4.78, 5) is 12.7. The molecule has 0 aliphatic heterocycles. The molecule has 0 aromatic carbocycles. The Hall–Kier alpha value is -0.230. The van der Waals surface area contributed by atoms with Gasteiger partial charge in [-0.3, -0.25) is 0 Å². The van der Waals surface area contributed by atoms with Crippen molar-refractivity contribution >= 4 is 7.60 Å². The first kappa shape index (κ1) is 36.8. The second-order valence-corrected chi connectivity index (χ2v) is 13.4. The summed E-state index contributed by atoms with van der Waals surface area (Å²) >= 11 is 0. The molecule has 0 aliphatic rings. The van der Waals surface area contributed by atoms with E-state index in [1.54, 1.807) is 7.11 Å². The molecular weight excluding hydrogens is 485 g/mol. The minimum atomic E-state index is -4.00. The molecule has 0 radical (unpaired) electrons. The van der Waals surface area contributed by atoms with Crippen molar-refractivity contribution in [1.82, 2.24) is 0 Å². The van der Waals surface area contributed by atoms with E-state index in [9.17, 15) is 9.46 Å². The van der Waals surface area contributed by atoms with E-state index in [0.29, 0.717) is 24.1 Å². The van der Waals surface area contributed by atoms with Crippen LogP contribution >= 0.6 is 7.60 Å². The Morgan fingerprint density at radius 1 is 0.757 bits per heavy atom. The molecule has 0 fully saturated rings. The van der Waals surface area contributed by atoms with E-state index in [4.69, 9.17) is 14.0 Å². The summed E-state index contributed by atoms with van der Waals surface area (Å²) in [6, 6.07) is 0. The monoisotopic (exact) mass is 547 g/mol. The van der Waals surface area contributed by atoms with E-state index in [-0.39, 0.29) is 12.7 Å². The third kappa shape index (κ3) is 21.3. The standard InChI is InChI=1S/C30H62NO5P/c1-7-9-10-11-12-13-14-15-16-17-18-19-20-21-22-23-24-26-35-27-29(34-6)28-36-37(32,33)30(25-8-2)31(3,4)5/h15-16,29-30H,7-14,17-28H2,1-6H3/b16-15-/t29-,30?/m1/s1. The summed E-state index contributed by atoms with van der Waals surface area (Å²) < 4.78 is 29.6. The van der Waals surface area contributed by atoms with E-state index in [1.807, 2.05) is 28.1 Å². The highest BCUT2D eigenvalue weighted by atomic mass is 31.2. The summed E-state index contributed by atoms with van der Waals surface area (Å²) in [5, 5.41) is 0. The van der Waals surface area contributed by atoms with Gasteiger partial charge in [-0.25, -0.2) is 0 Å². The van der Waals surface area contributed by atoms with Crippen LogP contribution in [0.3, 0.4) is 0 Å². The van der Waals surface area contributed by atoms with Crippen molar-refractivity contribution in [2.24, 2.45) is 0 Å². The van der Waals surface area contributed by atoms with Crippen LogP contribution in [0.15, 0.2) is 12.2 Å². The number of allylic oxidation sites excluding steroid dienone is 2. The Morgan fingerprint density at radius 3 is 1.76 bits per heavy atom. The van der Waals surface area contributed by atoms with Crippen molar-refractivity contribution in [2.45, 2.75) is 135 Å². The first-order chi connectivity index (χ1) is 17.7. The van der Waals surface area contributed by atoms with Gasteiger partial charge in [-0.1, -0.05) is 90.2 Å². The molecule has 7 heteroatoms. The molecule has 0 heterocycles. The molecule has 0 bridgehead atoms. The van der Waals surface area contributed by atoms with Crippen molar-refractivity contribution < 1.29 is 27.9 Å². The number of hydrogen-bond acceptors (Lipinski definition) is 5. The van der Waals surface area contributed by atoms with Gasteiger partial charge < -0.3 is 27.9 Å². The lowest BCUT2D eigenvalue weighted by molar-refractivity contribution is -0.884.